The van der Waals surface area contributed by atoms with Crippen molar-refractivity contribution in [2.45, 2.75) is 25.6 Å². The van der Waals surface area contributed by atoms with Crippen LogP contribution < -0.4 is 5.73 Å². The third-order valence-electron chi connectivity index (χ3n) is 2.23. The first-order chi connectivity index (χ1) is 7.43. The zero-order valence-corrected chi connectivity index (χ0v) is 9.48. The number of primary amides is 1. The van der Waals surface area contributed by atoms with E-state index < -0.39 is 18.1 Å². The molecule has 6 heteroatoms. The number of rotatable bonds is 4. The minimum absolute atomic E-state index is 0.107. The Balaban J connectivity index is 2.95. The second kappa shape index (κ2) is 5.25. The first-order valence-electron chi connectivity index (χ1n) is 4.69. The van der Waals surface area contributed by atoms with Gasteiger partial charge >= 0.3 is 0 Å². The summed E-state index contributed by atoms with van der Waals surface area (Å²) in [5.74, 6) is -0.691. The fourth-order valence-electron chi connectivity index (χ4n) is 1.40. The highest BCUT2D eigenvalue weighted by Gasteiger charge is 2.24. The van der Waals surface area contributed by atoms with Crippen molar-refractivity contribution in [3.05, 3.63) is 28.5 Å². The van der Waals surface area contributed by atoms with Gasteiger partial charge in [0.05, 0.1) is 12.5 Å². The largest absolute Gasteiger partial charge is 0.390 e. The van der Waals surface area contributed by atoms with Crippen molar-refractivity contribution in [3.8, 4) is 0 Å². The van der Waals surface area contributed by atoms with Gasteiger partial charge in [0.2, 0.25) is 5.91 Å². The number of aliphatic hydroxyl groups excluding tert-OH is 2. The zero-order valence-electron chi connectivity index (χ0n) is 8.72. The van der Waals surface area contributed by atoms with Crippen molar-refractivity contribution in [2.75, 3.05) is 0 Å². The number of aliphatic hydroxyl groups is 2. The summed E-state index contributed by atoms with van der Waals surface area (Å²) in [7, 11) is 0. The summed E-state index contributed by atoms with van der Waals surface area (Å²) in [5.41, 5.74) is 5.93. The summed E-state index contributed by atoms with van der Waals surface area (Å²) < 4.78 is 0. The maximum atomic E-state index is 10.6. The number of aromatic nitrogens is 1. The summed E-state index contributed by atoms with van der Waals surface area (Å²) >= 11 is 5.81. The molecular formula is C10H13ClN2O3. The van der Waals surface area contributed by atoms with Crippen LogP contribution >= 0.6 is 11.6 Å². The topological polar surface area (TPSA) is 96.4 Å². The Kier molecular flexibility index (Phi) is 4.23. The fraction of sp³-hybridized carbons (Fsp3) is 0.400. The predicted molar refractivity (Wildman–Crippen MR) is 58.8 cm³/mol. The molecule has 1 aromatic heterocycles. The van der Waals surface area contributed by atoms with E-state index in [9.17, 15) is 15.0 Å². The lowest BCUT2D eigenvalue weighted by Gasteiger charge is -2.19. The van der Waals surface area contributed by atoms with E-state index in [0.717, 1.165) is 0 Å². The second-order valence-electron chi connectivity index (χ2n) is 3.51. The quantitative estimate of drug-likeness (QED) is 0.665. The highest BCUT2D eigenvalue weighted by molar-refractivity contribution is 6.30. The summed E-state index contributed by atoms with van der Waals surface area (Å²) in [6, 6.07) is 1.65. The van der Waals surface area contributed by atoms with Crippen LogP contribution in [0.25, 0.3) is 0 Å². The average molecular weight is 245 g/mol. The number of carbonyl (C=O) groups excluding carboxylic acids is 1. The van der Waals surface area contributed by atoms with Crippen LogP contribution in [0.2, 0.25) is 5.15 Å². The number of halogens is 1. The number of amides is 1. The molecule has 0 fully saturated rings. The van der Waals surface area contributed by atoms with Gasteiger partial charge in [0.25, 0.3) is 0 Å². The van der Waals surface area contributed by atoms with Gasteiger partial charge in [-0.2, -0.15) is 0 Å². The minimum Gasteiger partial charge on any atom is -0.390 e. The molecule has 0 saturated carbocycles. The summed E-state index contributed by atoms with van der Waals surface area (Å²) in [6.07, 6.45) is -1.38. The number of hydrogen-bond acceptors (Lipinski definition) is 4. The van der Waals surface area contributed by atoms with Crippen molar-refractivity contribution in [1.29, 1.82) is 0 Å². The lowest BCUT2D eigenvalue weighted by atomic mass is 10.00. The average Bonchev–Trinajstić information content (AvgIpc) is 2.16. The molecule has 1 rings (SSSR count). The molecule has 0 saturated heterocycles. The Labute approximate surface area is 97.9 Å². The van der Waals surface area contributed by atoms with E-state index in [0.29, 0.717) is 11.1 Å². The lowest BCUT2D eigenvalue weighted by Crippen LogP contribution is -2.26. The number of hydrogen-bond donors (Lipinski definition) is 3. The maximum absolute atomic E-state index is 10.6. The van der Waals surface area contributed by atoms with Gasteiger partial charge in [0, 0.05) is 11.8 Å². The van der Waals surface area contributed by atoms with Gasteiger partial charge in [-0.25, -0.2) is 4.98 Å². The molecule has 2 unspecified atom stereocenters. The van der Waals surface area contributed by atoms with Gasteiger partial charge in [0.1, 0.15) is 11.3 Å². The van der Waals surface area contributed by atoms with Crippen LogP contribution in [0.15, 0.2) is 12.3 Å². The molecule has 1 aromatic rings. The third kappa shape index (κ3) is 2.91. The Morgan fingerprint density at radius 1 is 1.62 bits per heavy atom. The molecule has 0 aliphatic carbocycles. The first-order valence-corrected chi connectivity index (χ1v) is 5.06. The van der Waals surface area contributed by atoms with Crippen LogP contribution in [0.3, 0.4) is 0 Å². The molecule has 0 aliphatic rings. The van der Waals surface area contributed by atoms with E-state index in [-0.39, 0.29) is 11.6 Å². The van der Waals surface area contributed by atoms with Crippen molar-refractivity contribution in [1.82, 2.24) is 4.98 Å². The number of pyridine rings is 1. The van der Waals surface area contributed by atoms with Crippen molar-refractivity contribution >= 4 is 17.5 Å². The predicted octanol–water partition coefficient (Wildman–Crippen LogP) is 0.313. The second-order valence-corrected chi connectivity index (χ2v) is 3.87. The fourth-order valence-corrected chi connectivity index (χ4v) is 1.72. The lowest BCUT2D eigenvalue weighted by molar-refractivity contribution is -0.121. The van der Waals surface area contributed by atoms with Gasteiger partial charge in [-0.05, 0) is 18.6 Å². The first kappa shape index (κ1) is 12.9. The van der Waals surface area contributed by atoms with E-state index in [1.54, 1.807) is 13.0 Å². The Hall–Kier alpha value is -1.17. The molecule has 1 amide bonds. The number of nitrogens with two attached hydrogens (primary N) is 1. The SMILES string of the molecule is Cc1ccnc(Cl)c1C(O)C(O)CC(N)=O. The van der Waals surface area contributed by atoms with E-state index in [1.807, 2.05) is 0 Å². The number of nitrogens with zero attached hydrogens (tertiary/aromatic N) is 1. The van der Waals surface area contributed by atoms with E-state index in [1.165, 1.54) is 6.20 Å². The Bertz CT molecular complexity index is 377. The molecule has 16 heavy (non-hydrogen) atoms. The molecule has 1 heterocycles. The van der Waals surface area contributed by atoms with Crippen LogP contribution in [0.4, 0.5) is 0 Å². The van der Waals surface area contributed by atoms with E-state index >= 15 is 0 Å². The minimum atomic E-state index is -1.28. The van der Waals surface area contributed by atoms with Crippen LogP contribution in [0.5, 0.6) is 0 Å². The normalized spacial score (nSPS) is 14.5. The molecule has 5 nitrogen and oxygen atoms in total. The number of carbonyl (C=O) groups is 1. The van der Waals surface area contributed by atoms with Gasteiger partial charge in [0.15, 0.2) is 0 Å². The van der Waals surface area contributed by atoms with Crippen molar-refractivity contribution in [2.24, 2.45) is 5.73 Å². The van der Waals surface area contributed by atoms with Gasteiger partial charge in [-0.15, -0.1) is 0 Å². The van der Waals surface area contributed by atoms with E-state index in [4.69, 9.17) is 17.3 Å². The molecule has 0 spiro atoms. The standard InChI is InChI=1S/C10H13ClN2O3/c1-5-2-3-13-10(11)8(5)9(16)6(14)4-7(12)15/h2-3,6,9,14,16H,4H2,1H3,(H2,12,15). The van der Waals surface area contributed by atoms with Crippen LogP contribution in [-0.4, -0.2) is 27.2 Å². The zero-order chi connectivity index (χ0) is 12.3. The molecule has 0 radical (unpaired) electrons. The Morgan fingerprint density at radius 2 is 2.25 bits per heavy atom. The molecule has 2 atom stereocenters. The van der Waals surface area contributed by atoms with Crippen LogP contribution in [0.1, 0.15) is 23.7 Å². The van der Waals surface area contributed by atoms with Crippen LogP contribution in [0, 0.1) is 6.92 Å². The molecule has 0 bridgehead atoms. The highest BCUT2D eigenvalue weighted by Crippen LogP contribution is 2.27. The third-order valence-corrected chi connectivity index (χ3v) is 2.53. The molecule has 88 valence electrons. The maximum Gasteiger partial charge on any atom is 0.220 e. The molecular weight excluding hydrogens is 232 g/mol. The summed E-state index contributed by atoms with van der Waals surface area (Å²) in [6.45, 7) is 1.73. The van der Waals surface area contributed by atoms with Crippen molar-refractivity contribution < 1.29 is 15.0 Å². The molecule has 0 aromatic carbocycles. The highest BCUT2D eigenvalue weighted by atomic mass is 35.5. The number of aryl methyl sites for hydroxylation is 1. The van der Waals surface area contributed by atoms with Gasteiger partial charge < -0.3 is 15.9 Å². The monoisotopic (exact) mass is 244 g/mol. The summed E-state index contributed by atoms with van der Waals surface area (Å²) in [5, 5.41) is 19.5. The molecule has 4 N–H and O–H groups in total. The smallest absolute Gasteiger partial charge is 0.220 e. The van der Waals surface area contributed by atoms with Crippen LogP contribution in [-0.2, 0) is 4.79 Å². The van der Waals surface area contributed by atoms with E-state index in [2.05, 4.69) is 4.98 Å². The van der Waals surface area contributed by atoms with Gasteiger partial charge in [-0.3, -0.25) is 4.79 Å². The Morgan fingerprint density at radius 3 is 2.75 bits per heavy atom. The van der Waals surface area contributed by atoms with Gasteiger partial charge in [-0.1, -0.05) is 11.6 Å². The van der Waals surface area contributed by atoms with Crippen molar-refractivity contribution in [3.63, 3.8) is 0 Å². The summed E-state index contributed by atoms with van der Waals surface area (Å²) in [4.78, 5) is 14.4. The molecule has 0 aliphatic heterocycles.